The van der Waals surface area contributed by atoms with E-state index >= 15 is 0 Å². The second-order valence-corrected chi connectivity index (χ2v) is 6.14. The van der Waals surface area contributed by atoms with Crippen LogP contribution in [0, 0.1) is 0 Å². The smallest absolute Gasteiger partial charge is 0.254 e. The van der Waals surface area contributed by atoms with Gasteiger partial charge in [0.25, 0.3) is 5.91 Å². The Morgan fingerprint density at radius 2 is 1.76 bits per heavy atom. The van der Waals surface area contributed by atoms with E-state index in [1.165, 1.54) is 10.5 Å². The van der Waals surface area contributed by atoms with Crippen LogP contribution in [-0.4, -0.2) is 56.2 Å². The lowest BCUT2D eigenvalue weighted by Gasteiger charge is -2.32. The van der Waals surface area contributed by atoms with Crippen LogP contribution in [0.1, 0.15) is 15.9 Å². The van der Waals surface area contributed by atoms with E-state index in [0.717, 1.165) is 44.2 Å². The predicted molar refractivity (Wildman–Crippen MR) is 94.1 cm³/mol. The Hall–Kier alpha value is -2.60. The zero-order chi connectivity index (χ0) is 17.6. The molecule has 0 radical (unpaired) electrons. The van der Waals surface area contributed by atoms with Crippen molar-refractivity contribution in [2.45, 2.75) is 6.54 Å². The molecule has 1 aromatic heterocycles. The minimum Gasteiger partial charge on any atom is -0.493 e. The average molecular weight is 342 g/mol. The Balaban J connectivity index is 1.57. The maximum Gasteiger partial charge on any atom is 0.254 e. The van der Waals surface area contributed by atoms with Crippen LogP contribution in [0.5, 0.6) is 11.5 Å². The fourth-order valence-corrected chi connectivity index (χ4v) is 3.16. The number of piperazine rings is 1. The lowest BCUT2D eigenvalue weighted by Crippen LogP contribution is -3.13. The number of carbonyl (C=O) groups is 1. The van der Waals surface area contributed by atoms with Crippen molar-refractivity contribution in [2.24, 2.45) is 0 Å². The number of methoxy groups -OCH3 is 2. The molecule has 0 saturated carbocycles. The molecule has 1 aliphatic heterocycles. The first-order chi connectivity index (χ1) is 12.2. The Labute approximate surface area is 148 Å². The van der Waals surface area contributed by atoms with Crippen molar-refractivity contribution in [2.75, 3.05) is 40.4 Å². The SMILES string of the molecule is COc1ccc(C[NH+]2CCN(C(=O)c3ccncc3)CC2)cc1OC. The third-order valence-corrected chi connectivity index (χ3v) is 4.59. The van der Waals surface area contributed by atoms with E-state index in [-0.39, 0.29) is 5.91 Å². The summed E-state index contributed by atoms with van der Waals surface area (Å²) in [6, 6.07) is 9.58. The minimum absolute atomic E-state index is 0.0903. The van der Waals surface area contributed by atoms with E-state index in [9.17, 15) is 4.79 Å². The van der Waals surface area contributed by atoms with Crippen LogP contribution in [-0.2, 0) is 6.54 Å². The highest BCUT2D eigenvalue weighted by atomic mass is 16.5. The number of aromatic nitrogens is 1. The van der Waals surface area contributed by atoms with Gasteiger partial charge >= 0.3 is 0 Å². The van der Waals surface area contributed by atoms with Crippen LogP contribution in [0.25, 0.3) is 0 Å². The van der Waals surface area contributed by atoms with Gasteiger partial charge in [-0.25, -0.2) is 0 Å². The Morgan fingerprint density at radius 3 is 2.40 bits per heavy atom. The number of benzene rings is 1. The average Bonchev–Trinajstić information content (AvgIpc) is 2.68. The standard InChI is InChI=1S/C19H23N3O3/c1-24-17-4-3-15(13-18(17)25-2)14-21-9-11-22(12-10-21)19(23)16-5-7-20-8-6-16/h3-8,13H,9-12,14H2,1-2H3/p+1. The van der Waals surface area contributed by atoms with E-state index < -0.39 is 0 Å². The monoisotopic (exact) mass is 342 g/mol. The summed E-state index contributed by atoms with van der Waals surface area (Å²) >= 11 is 0. The van der Waals surface area contributed by atoms with Gasteiger partial charge in [-0.15, -0.1) is 0 Å². The molecule has 0 atom stereocenters. The van der Waals surface area contributed by atoms with Crippen LogP contribution in [0.15, 0.2) is 42.7 Å². The molecule has 2 aromatic rings. The number of quaternary nitrogens is 1. The molecular formula is C19H24N3O3+. The van der Waals surface area contributed by atoms with Crippen molar-refractivity contribution >= 4 is 5.91 Å². The van der Waals surface area contributed by atoms with Gasteiger partial charge in [-0.3, -0.25) is 9.78 Å². The van der Waals surface area contributed by atoms with Crippen molar-refractivity contribution in [3.05, 3.63) is 53.9 Å². The van der Waals surface area contributed by atoms with Gasteiger partial charge in [0.1, 0.15) is 6.54 Å². The molecule has 6 heteroatoms. The van der Waals surface area contributed by atoms with Crippen LogP contribution in [0.4, 0.5) is 0 Å². The van der Waals surface area contributed by atoms with Gasteiger partial charge < -0.3 is 19.3 Å². The summed E-state index contributed by atoms with van der Waals surface area (Å²) < 4.78 is 10.7. The van der Waals surface area contributed by atoms with E-state index in [1.807, 2.05) is 17.0 Å². The molecule has 1 amide bonds. The molecule has 0 spiro atoms. The zero-order valence-corrected chi connectivity index (χ0v) is 14.7. The van der Waals surface area contributed by atoms with Gasteiger partial charge in [-0.1, -0.05) is 0 Å². The van der Waals surface area contributed by atoms with Crippen molar-refractivity contribution < 1.29 is 19.2 Å². The molecule has 3 rings (SSSR count). The summed E-state index contributed by atoms with van der Waals surface area (Å²) in [5.41, 5.74) is 1.92. The fraction of sp³-hybridized carbons (Fsp3) is 0.368. The van der Waals surface area contributed by atoms with Gasteiger partial charge in [0.15, 0.2) is 11.5 Å². The Kier molecular flexibility index (Phi) is 5.50. The van der Waals surface area contributed by atoms with Crippen molar-refractivity contribution in [3.8, 4) is 11.5 Å². The molecule has 0 aliphatic carbocycles. The molecule has 1 aromatic carbocycles. The second kappa shape index (κ2) is 7.98. The van der Waals surface area contributed by atoms with E-state index in [0.29, 0.717) is 5.56 Å². The molecule has 6 nitrogen and oxygen atoms in total. The van der Waals surface area contributed by atoms with E-state index in [4.69, 9.17) is 9.47 Å². The lowest BCUT2D eigenvalue weighted by molar-refractivity contribution is -0.917. The zero-order valence-electron chi connectivity index (χ0n) is 14.7. The van der Waals surface area contributed by atoms with E-state index in [1.54, 1.807) is 38.7 Å². The first kappa shape index (κ1) is 17.2. The highest BCUT2D eigenvalue weighted by Gasteiger charge is 2.24. The first-order valence-corrected chi connectivity index (χ1v) is 8.45. The van der Waals surface area contributed by atoms with Crippen LogP contribution >= 0.6 is 0 Å². The molecule has 25 heavy (non-hydrogen) atoms. The van der Waals surface area contributed by atoms with E-state index in [2.05, 4.69) is 11.1 Å². The third-order valence-electron chi connectivity index (χ3n) is 4.59. The van der Waals surface area contributed by atoms with Gasteiger partial charge in [0.05, 0.1) is 40.4 Å². The van der Waals surface area contributed by atoms with Crippen LogP contribution < -0.4 is 14.4 Å². The summed E-state index contributed by atoms with van der Waals surface area (Å²) in [6.07, 6.45) is 3.32. The highest BCUT2D eigenvalue weighted by Crippen LogP contribution is 2.27. The van der Waals surface area contributed by atoms with Crippen molar-refractivity contribution in [1.82, 2.24) is 9.88 Å². The highest BCUT2D eigenvalue weighted by molar-refractivity contribution is 5.94. The summed E-state index contributed by atoms with van der Waals surface area (Å²) in [5, 5.41) is 0. The number of pyridine rings is 1. The maximum absolute atomic E-state index is 12.5. The second-order valence-electron chi connectivity index (χ2n) is 6.14. The number of rotatable bonds is 5. The van der Waals surface area contributed by atoms with Crippen LogP contribution in [0.2, 0.25) is 0 Å². The number of nitrogens with zero attached hydrogens (tertiary/aromatic N) is 2. The number of hydrogen-bond donors (Lipinski definition) is 1. The number of ether oxygens (including phenoxy) is 2. The van der Waals surface area contributed by atoms with Gasteiger partial charge in [0.2, 0.25) is 0 Å². The molecular weight excluding hydrogens is 318 g/mol. The minimum atomic E-state index is 0.0903. The predicted octanol–water partition coefficient (Wildman–Crippen LogP) is 0.640. The Bertz CT molecular complexity index is 713. The van der Waals surface area contributed by atoms with Crippen molar-refractivity contribution in [1.29, 1.82) is 0 Å². The topological polar surface area (TPSA) is 56.1 Å². The third kappa shape index (κ3) is 4.09. The summed E-state index contributed by atoms with van der Waals surface area (Å²) in [6.45, 7) is 4.32. The molecule has 1 fully saturated rings. The molecule has 1 N–H and O–H groups in total. The van der Waals surface area contributed by atoms with Gasteiger partial charge in [0, 0.05) is 23.5 Å². The lowest BCUT2D eigenvalue weighted by atomic mass is 10.1. The molecule has 0 bridgehead atoms. The Morgan fingerprint density at radius 1 is 1.08 bits per heavy atom. The molecule has 2 heterocycles. The quantitative estimate of drug-likeness (QED) is 0.866. The normalized spacial score (nSPS) is 15.0. The largest absolute Gasteiger partial charge is 0.493 e. The maximum atomic E-state index is 12.5. The number of carbonyl (C=O) groups excluding carboxylic acids is 1. The summed E-state index contributed by atoms with van der Waals surface area (Å²) in [7, 11) is 3.29. The van der Waals surface area contributed by atoms with Crippen LogP contribution in [0.3, 0.4) is 0 Å². The molecule has 1 aliphatic rings. The van der Waals surface area contributed by atoms with Crippen molar-refractivity contribution in [3.63, 3.8) is 0 Å². The first-order valence-electron chi connectivity index (χ1n) is 8.45. The summed E-state index contributed by atoms with van der Waals surface area (Å²) in [4.78, 5) is 19.8. The molecule has 132 valence electrons. The summed E-state index contributed by atoms with van der Waals surface area (Å²) in [5.74, 6) is 1.59. The number of nitrogens with one attached hydrogen (secondary N) is 1. The van der Waals surface area contributed by atoms with Gasteiger partial charge in [-0.05, 0) is 30.3 Å². The molecule has 1 saturated heterocycles. The molecule has 0 unspecified atom stereocenters. The number of hydrogen-bond acceptors (Lipinski definition) is 4. The fourth-order valence-electron chi connectivity index (χ4n) is 3.16. The number of amides is 1. The van der Waals surface area contributed by atoms with Gasteiger partial charge in [-0.2, -0.15) is 0 Å².